The number of rotatable bonds is 7. The number of methoxy groups -OCH3 is 1. The second kappa shape index (κ2) is 8.92. The topological polar surface area (TPSA) is 92.8 Å². The molecule has 2 aromatic carbocycles. The summed E-state index contributed by atoms with van der Waals surface area (Å²) < 4.78 is 30.1. The second-order valence-corrected chi connectivity index (χ2v) is 8.34. The number of para-hydroxylation sites is 1. The fourth-order valence-electron chi connectivity index (χ4n) is 2.37. The maximum absolute atomic E-state index is 12.5. The molecule has 0 radical (unpaired) electrons. The first-order valence-electron chi connectivity index (χ1n) is 7.85. The van der Waals surface area contributed by atoms with Gasteiger partial charge in [0.05, 0.1) is 30.3 Å². The normalized spacial score (nSPS) is 10.9. The number of sulfonamides is 1. The third kappa shape index (κ3) is 5.48. The molecule has 0 saturated heterocycles. The van der Waals surface area contributed by atoms with Crippen molar-refractivity contribution in [3.63, 3.8) is 0 Å². The molecule has 0 atom stereocenters. The molecule has 1 amide bonds. The van der Waals surface area contributed by atoms with Gasteiger partial charge in [0, 0.05) is 4.90 Å². The predicted molar refractivity (Wildman–Crippen MR) is 107 cm³/mol. The monoisotopic (exact) mass is 408 g/mol. The van der Waals surface area contributed by atoms with E-state index in [1.807, 2.05) is 12.3 Å². The van der Waals surface area contributed by atoms with Crippen molar-refractivity contribution < 1.29 is 22.7 Å². The van der Waals surface area contributed by atoms with Gasteiger partial charge in [-0.3, -0.25) is 9.10 Å². The van der Waals surface area contributed by atoms with Crippen molar-refractivity contribution >= 4 is 45.0 Å². The number of anilines is 2. The number of nitrogens with one attached hydrogen (secondary N) is 1. The van der Waals surface area contributed by atoms with Gasteiger partial charge in [0.1, 0.15) is 6.54 Å². The Balaban J connectivity index is 2.27. The molecule has 144 valence electrons. The fourth-order valence-corrected chi connectivity index (χ4v) is 3.67. The summed E-state index contributed by atoms with van der Waals surface area (Å²) >= 11 is 1.47. The number of ether oxygens (including phenoxy) is 1. The molecule has 0 aliphatic carbocycles. The number of benzene rings is 2. The zero-order valence-electron chi connectivity index (χ0n) is 15.1. The van der Waals surface area contributed by atoms with E-state index in [0.29, 0.717) is 5.69 Å². The highest BCUT2D eigenvalue weighted by Crippen LogP contribution is 2.24. The quantitative estimate of drug-likeness (QED) is 0.559. The third-order valence-electron chi connectivity index (χ3n) is 3.64. The van der Waals surface area contributed by atoms with E-state index in [0.717, 1.165) is 15.5 Å². The van der Waals surface area contributed by atoms with Crippen LogP contribution in [-0.4, -0.2) is 46.5 Å². The Kier molecular flexibility index (Phi) is 6.86. The zero-order chi connectivity index (χ0) is 20.0. The van der Waals surface area contributed by atoms with Gasteiger partial charge in [-0.25, -0.2) is 13.2 Å². The van der Waals surface area contributed by atoms with E-state index in [9.17, 15) is 18.0 Å². The molecular formula is C18H20N2O5S2. The fraction of sp³-hybridized carbons (Fsp3) is 0.222. The number of carbonyl (C=O) groups excluding carboxylic acids is 2. The van der Waals surface area contributed by atoms with Gasteiger partial charge in [0.25, 0.3) is 0 Å². The van der Waals surface area contributed by atoms with E-state index in [4.69, 9.17) is 0 Å². The minimum Gasteiger partial charge on any atom is -0.465 e. The summed E-state index contributed by atoms with van der Waals surface area (Å²) in [5.41, 5.74) is 0.824. The maximum atomic E-state index is 12.5. The van der Waals surface area contributed by atoms with Gasteiger partial charge in [0.2, 0.25) is 15.9 Å². The summed E-state index contributed by atoms with van der Waals surface area (Å²) in [5.74, 6) is -1.18. The average Bonchev–Trinajstić information content (AvgIpc) is 2.65. The summed E-state index contributed by atoms with van der Waals surface area (Å²) in [6.07, 6.45) is 2.91. The molecule has 0 saturated carbocycles. The maximum Gasteiger partial charge on any atom is 0.339 e. The molecule has 0 aromatic heterocycles. The lowest BCUT2D eigenvalue weighted by atomic mass is 10.2. The van der Waals surface area contributed by atoms with Crippen LogP contribution in [0.1, 0.15) is 10.4 Å². The lowest BCUT2D eigenvalue weighted by Gasteiger charge is -2.22. The van der Waals surface area contributed by atoms with Gasteiger partial charge in [-0.15, -0.1) is 11.8 Å². The van der Waals surface area contributed by atoms with Crippen LogP contribution in [0.2, 0.25) is 0 Å². The summed E-state index contributed by atoms with van der Waals surface area (Å²) in [6, 6.07) is 13.2. The minimum atomic E-state index is -3.69. The summed E-state index contributed by atoms with van der Waals surface area (Å²) in [5, 5.41) is 2.58. The third-order valence-corrected chi connectivity index (χ3v) is 5.50. The first-order chi connectivity index (χ1) is 12.8. The van der Waals surface area contributed by atoms with Gasteiger partial charge in [-0.1, -0.05) is 18.2 Å². The first-order valence-corrected chi connectivity index (χ1v) is 10.9. The zero-order valence-corrected chi connectivity index (χ0v) is 16.8. The Morgan fingerprint density at radius 3 is 2.48 bits per heavy atom. The van der Waals surface area contributed by atoms with Crippen molar-refractivity contribution in [3.05, 3.63) is 54.1 Å². The van der Waals surface area contributed by atoms with Gasteiger partial charge < -0.3 is 10.1 Å². The molecule has 9 heteroatoms. The Labute approximate surface area is 162 Å². The van der Waals surface area contributed by atoms with Gasteiger partial charge in [0.15, 0.2) is 0 Å². The molecule has 0 bridgehead atoms. The highest BCUT2D eigenvalue weighted by atomic mass is 32.2. The van der Waals surface area contributed by atoms with Crippen LogP contribution >= 0.6 is 11.8 Å². The number of carbonyl (C=O) groups is 2. The molecular weight excluding hydrogens is 388 g/mol. The van der Waals surface area contributed by atoms with E-state index in [-0.39, 0.29) is 11.3 Å². The predicted octanol–water partition coefficient (Wildman–Crippen LogP) is 2.60. The molecule has 0 aliphatic rings. The minimum absolute atomic E-state index is 0.184. The van der Waals surface area contributed by atoms with Crippen molar-refractivity contribution in [2.24, 2.45) is 0 Å². The van der Waals surface area contributed by atoms with Crippen LogP contribution in [0.15, 0.2) is 53.4 Å². The molecule has 7 nitrogen and oxygen atoms in total. The van der Waals surface area contributed by atoms with Crippen molar-refractivity contribution in [2.45, 2.75) is 4.90 Å². The van der Waals surface area contributed by atoms with Crippen molar-refractivity contribution in [1.82, 2.24) is 0 Å². The highest BCUT2D eigenvalue weighted by molar-refractivity contribution is 7.98. The number of esters is 1. The van der Waals surface area contributed by atoms with Crippen LogP contribution in [-0.2, 0) is 19.6 Å². The highest BCUT2D eigenvalue weighted by Gasteiger charge is 2.22. The van der Waals surface area contributed by atoms with Crippen molar-refractivity contribution in [3.8, 4) is 0 Å². The lowest BCUT2D eigenvalue weighted by molar-refractivity contribution is -0.114. The van der Waals surface area contributed by atoms with Crippen LogP contribution in [0.4, 0.5) is 11.4 Å². The van der Waals surface area contributed by atoms with Gasteiger partial charge in [-0.05, 0) is 36.6 Å². The van der Waals surface area contributed by atoms with Crippen LogP contribution in [0.5, 0.6) is 0 Å². The molecule has 27 heavy (non-hydrogen) atoms. The second-order valence-electron chi connectivity index (χ2n) is 5.56. The number of nitrogens with zero attached hydrogens (tertiary/aromatic N) is 1. The Hall–Kier alpha value is -2.52. The summed E-state index contributed by atoms with van der Waals surface area (Å²) in [6.45, 7) is -0.424. The molecule has 0 spiro atoms. The number of hydrogen-bond acceptors (Lipinski definition) is 6. The molecule has 0 aliphatic heterocycles. The first kappa shape index (κ1) is 20.8. The van der Waals surface area contributed by atoms with Crippen LogP contribution in [0.25, 0.3) is 0 Å². The SMILES string of the molecule is COC(=O)c1ccccc1NC(=O)CN(c1cccc(SC)c1)S(C)(=O)=O. The van der Waals surface area contributed by atoms with Crippen LogP contribution in [0.3, 0.4) is 0 Å². The number of thioether (sulfide) groups is 1. The average molecular weight is 409 g/mol. The molecule has 2 rings (SSSR count). The van der Waals surface area contributed by atoms with Crippen LogP contribution < -0.4 is 9.62 Å². The van der Waals surface area contributed by atoms with E-state index in [1.165, 1.54) is 24.9 Å². The molecule has 2 aromatic rings. The summed E-state index contributed by atoms with van der Waals surface area (Å²) in [7, 11) is -2.45. The molecule has 1 N–H and O–H groups in total. The summed E-state index contributed by atoms with van der Waals surface area (Å²) in [4.78, 5) is 25.2. The Bertz CT molecular complexity index is 944. The molecule has 0 fully saturated rings. The smallest absolute Gasteiger partial charge is 0.339 e. The van der Waals surface area contributed by atoms with E-state index < -0.39 is 28.4 Å². The molecule has 0 unspecified atom stereocenters. The lowest BCUT2D eigenvalue weighted by Crippen LogP contribution is -2.37. The van der Waals surface area contributed by atoms with Crippen molar-refractivity contribution in [1.29, 1.82) is 0 Å². The standard InChI is InChI=1S/C18H20N2O5S2/c1-25-18(22)15-9-4-5-10-16(15)19-17(21)12-20(27(3,23)24)13-7-6-8-14(11-13)26-2/h4-11H,12H2,1-3H3,(H,19,21). The molecule has 0 heterocycles. The van der Waals surface area contributed by atoms with E-state index >= 15 is 0 Å². The largest absolute Gasteiger partial charge is 0.465 e. The van der Waals surface area contributed by atoms with Crippen LogP contribution in [0, 0.1) is 0 Å². The van der Waals surface area contributed by atoms with Crippen molar-refractivity contribution in [2.75, 3.05) is 35.8 Å². The van der Waals surface area contributed by atoms with E-state index in [2.05, 4.69) is 10.1 Å². The number of hydrogen-bond donors (Lipinski definition) is 1. The van der Waals surface area contributed by atoms with Gasteiger partial charge in [-0.2, -0.15) is 0 Å². The number of amides is 1. The van der Waals surface area contributed by atoms with Gasteiger partial charge >= 0.3 is 5.97 Å². The Morgan fingerprint density at radius 2 is 1.85 bits per heavy atom. The van der Waals surface area contributed by atoms with E-state index in [1.54, 1.807) is 36.4 Å². The Morgan fingerprint density at radius 1 is 1.15 bits per heavy atom.